The molecule has 0 aliphatic rings. The van der Waals surface area contributed by atoms with Crippen molar-refractivity contribution < 1.29 is 9.90 Å². The molecule has 0 radical (unpaired) electrons. The van der Waals surface area contributed by atoms with Crippen molar-refractivity contribution in [2.45, 2.75) is 0 Å². The van der Waals surface area contributed by atoms with E-state index < -0.39 is 5.97 Å². The SMILES string of the molecule is CSC(=S)C(=O)O. The molecule has 0 spiro atoms. The third-order valence-corrected chi connectivity index (χ3v) is 1.58. The van der Waals surface area contributed by atoms with Gasteiger partial charge in [-0.3, -0.25) is 0 Å². The highest BCUT2D eigenvalue weighted by Crippen LogP contribution is 1.95. The van der Waals surface area contributed by atoms with Crippen LogP contribution in [0.2, 0.25) is 0 Å². The molecule has 40 valence electrons. The number of carboxylic acid groups (broad SMARTS) is 1. The largest absolute Gasteiger partial charge is 0.477 e. The third kappa shape index (κ3) is 2.59. The summed E-state index contributed by atoms with van der Waals surface area (Å²) in [6, 6.07) is 0. The molecule has 0 bridgehead atoms. The van der Waals surface area contributed by atoms with Crippen LogP contribution >= 0.6 is 24.0 Å². The molecule has 0 aliphatic heterocycles. The quantitative estimate of drug-likeness (QED) is 0.499. The van der Waals surface area contributed by atoms with E-state index in [1.165, 1.54) is 0 Å². The van der Waals surface area contributed by atoms with Crippen LogP contribution in [-0.2, 0) is 4.79 Å². The summed E-state index contributed by atoms with van der Waals surface area (Å²) in [6.45, 7) is 0. The summed E-state index contributed by atoms with van der Waals surface area (Å²) in [4.78, 5) is 9.77. The number of thioether (sulfide) groups is 1. The van der Waals surface area contributed by atoms with Crippen LogP contribution in [0.3, 0.4) is 0 Å². The van der Waals surface area contributed by atoms with E-state index in [0.29, 0.717) is 0 Å². The van der Waals surface area contributed by atoms with Crippen molar-refractivity contribution in [2.24, 2.45) is 0 Å². The van der Waals surface area contributed by atoms with Gasteiger partial charge in [0.05, 0.1) is 0 Å². The Balaban J connectivity index is 3.58. The highest BCUT2D eigenvalue weighted by Gasteiger charge is 2.00. The molecule has 0 saturated carbocycles. The molecular weight excluding hydrogens is 132 g/mol. The zero-order valence-electron chi connectivity index (χ0n) is 3.67. The fraction of sp³-hybridized carbons (Fsp3) is 0.333. The van der Waals surface area contributed by atoms with E-state index >= 15 is 0 Å². The number of hydrogen-bond acceptors (Lipinski definition) is 3. The molecule has 0 amide bonds. The van der Waals surface area contributed by atoms with Gasteiger partial charge in [0.15, 0.2) is 4.20 Å². The molecule has 0 aliphatic carbocycles. The van der Waals surface area contributed by atoms with Crippen molar-refractivity contribution >= 4 is 34.1 Å². The second kappa shape index (κ2) is 2.98. The molecule has 7 heavy (non-hydrogen) atoms. The second-order valence-electron chi connectivity index (χ2n) is 0.797. The maximum atomic E-state index is 9.77. The molecule has 0 saturated heterocycles. The monoisotopic (exact) mass is 136 g/mol. The molecule has 0 fully saturated rings. The van der Waals surface area contributed by atoms with Crippen LogP contribution in [0.1, 0.15) is 0 Å². The van der Waals surface area contributed by atoms with Gasteiger partial charge in [0.25, 0.3) is 0 Å². The minimum atomic E-state index is -1.01. The van der Waals surface area contributed by atoms with Crippen molar-refractivity contribution in [1.82, 2.24) is 0 Å². The van der Waals surface area contributed by atoms with E-state index in [4.69, 9.17) is 5.11 Å². The third-order valence-electron chi connectivity index (χ3n) is 0.360. The molecule has 2 nitrogen and oxygen atoms in total. The van der Waals surface area contributed by atoms with E-state index in [1.807, 2.05) is 0 Å². The number of thiocarbonyl (C=S) groups is 1. The lowest BCUT2D eigenvalue weighted by Gasteiger charge is -1.84. The van der Waals surface area contributed by atoms with Gasteiger partial charge < -0.3 is 5.11 Å². The number of carboxylic acids is 1. The van der Waals surface area contributed by atoms with Crippen molar-refractivity contribution in [3.05, 3.63) is 0 Å². The van der Waals surface area contributed by atoms with Gasteiger partial charge >= 0.3 is 5.97 Å². The van der Waals surface area contributed by atoms with Crippen LogP contribution in [0.25, 0.3) is 0 Å². The summed E-state index contributed by atoms with van der Waals surface area (Å²) < 4.78 is 0.0139. The lowest BCUT2D eigenvalue weighted by atomic mass is 10.8. The molecule has 0 aromatic heterocycles. The van der Waals surface area contributed by atoms with E-state index in [-0.39, 0.29) is 4.20 Å². The topological polar surface area (TPSA) is 37.3 Å². The van der Waals surface area contributed by atoms with Gasteiger partial charge in [-0.2, -0.15) is 0 Å². The lowest BCUT2D eigenvalue weighted by Crippen LogP contribution is -2.03. The van der Waals surface area contributed by atoms with E-state index in [0.717, 1.165) is 11.8 Å². The fourth-order valence-corrected chi connectivity index (χ4v) is 0.262. The van der Waals surface area contributed by atoms with Crippen LogP contribution in [0, 0.1) is 0 Å². The molecule has 0 heterocycles. The predicted molar refractivity (Wildman–Crippen MR) is 33.7 cm³/mol. The Morgan fingerprint density at radius 3 is 2.29 bits per heavy atom. The average Bonchev–Trinajstić information content (AvgIpc) is 1.65. The molecule has 0 unspecified atom stereocenters. The van der Waals surface area contributed by atoms with Gasteiger partial charge in [-0.25, -0.2) is 4.79 Å². The molecule has 4 heteroatoms. The van der Waals surface area contributed by atoms with Gasteiger partial charge in [0.1, 0.15) is 0 Å². The van der Waals surface area contributed by atoms with Crippen molar-refractivity contribution in [3.8, 4) is 0 Å². The van der Waals surface area contributed by atoms with Crippen LogP contribution in [0.4, 0.5) is 0 Å². The van der Waals surface area contributed by atoms with Gasteiger partial charge in [0, 0.05) is 0 Å². The Labute approximate surface area is 50.9 Å². The van der Waals surface area contributed by atoms with Gasteiger partial charge in [-0.15, -0.1) is 11.8 Å². The van der Waals surface area contributed by atoms with Crippen molar-refractivity contribution in [3.63, 3.8) is 0 Å². The Bertz CT molecular complexity index is 99.1. The van der Waals surface area contributed by atoms with Crippen molar-refractivity contribution in [1.29, 1.82) is 0 Å². The summed E-state index contributed by atoms with van der Waals surface area (Å²) in [5, 5.41) is 8.02. The Morgan fingerprint density at radius 1 is 1.86 bits per heavy atom. The fourth-order valence-electron chi connectivity index (χ4n) is 0.0873. The first kappa shape index (κ1) is 6.91. The molecule has 0 aromatic carbocycles. The van der Waals surface area contributed by atoms with Crippen LogP contribution < -0.4 is 0 Å². The van der Waals surface area contributed by atoms with E-state index in [2.05, 4.69) is 12.2 Å². The summed E-state index contributed by atoms with van der Waals surface area (Å²) >= 11 is 5.41. The molecular formula is C3H4O2S2. The highest BCUT2D eigenvalue weighted by atomic mass is 32.2. The maximum absolute atomic E-state index is 9.77. The van der Waals surface area contributed by atoms with Gasteiger partial charge in [-0.05, 0) is 6.26 Å². The molecule has 0 atom stereocenters. The normalized spacial score (nSPS) is 8.14. The Hall–Kier alpha value is -0.0900. The highest BCUT2D eigenvalue weighted by molar-refractivity contribution is 8.24. The summed E-state index contributed by atoms with van der Waals surface area (Å²) in [7, 11) is 0. The Kier molecular flexibility index (Phi) is 2.95. The minimum Gasteiger partial charge on any atom is -0.477 e. The summed E-state index contributed by atoms with van der Waals surface area (Å²) in [5.74, 6) is -1.01. The molecule has 0 rings (SSSR count). The molecule has 1 N–H and O–H groups in total. The lowest BCUT2D eigenvalue weighted by molar-refractivity contribution is -0.128. The zero-order chi connectivity index (χ0) is 5.86. The smallest absolute Gasteiger partial charge is 0.353 e. The standard InChI is InChI=1S/C3H4O2S2/c1-7-3(6)2(4)5/h1H3,(H,4,5). The number of aliphatic carboxylic acids is 1. The Morgan fingerprint density at radius 2 is 2.29 bits per heavy atom. The van der Waals surface area contributed by atoms with Crippen LogP contribution in [0.5, 0.6) is 0 Å². The van der Waals surface area contributed by atoms with E-state index in [9.17, 15) is 4.79 Å². The van der Waals surface area contributed by atoms with Crippen molar-refractivity contribution in [2.75, 3.05) is 6.26 Å². The predicted octanol–water partition coefficient (Wildman–Crippen LogP) is 0.761. The van der Waals surface area contributed by atoms with Gasteiger partial charge in [-0.1, -0.05) is 12.2 Å². The average molecular weight is 136 g/mol. The maximum Gasteiger partial charge on any atom is 0.353 e. The number of carbonyl (C=O) groups is 1. The number of hydrogen-bond donors (Lipinski definition) is 1. The zero-order valence-corrected chi connectivity index (χ0v) is 5.30. The second-order valence-corrected chi connectivity index (χ2v) is 2.28. The summed E-state index contributed by atoms with van der Waals surface area (Å²) in [6.07, 6.45) is 1.64. The van der Waals surface area contributed by atoms with Gasteiger partial charge in [0.2, 0.25) is 0 Å². The first-order valence-electron chi connectivity index (χ1n) is 1.49. The first-order valence-corrected chi connectivity index (χ1v) is 3.13. The number of rotatable bonds is 0. The van der Waals surface area contributed by atoms with Crippen LogP contribution in [-0.4, -0.2) is 21.5 Å². The molecule has 0 aromatic rings. The summed E-state index contributed by atoms with van der Waals surface area (Å²) in [5.41, 5.74) is 0. The minimum absolute atomic E-state index is 0.0139. The van der Waals surface area contributed by atoms with Crippen LogP contribution in [0.15, 0.2) is 0 Å². The van der Waals surface area contributed by atoms with E-state index in [1.54, 1.807) is 6.26 Å². The first-order chi connectivity index (χ1) is 3.18.